The van der Waals surface area contributed by atoms with E-state index in [1.165, 1.54) is 12.1 Å². The number of nitrogens with zero attached hydrogens (tertiary/aromatic N) is 1. The van der Waals surface area contributed by atoms with E-state index in [1.54, 1.807) is 24.3 Å². The number of hydrogen-bond acceptors (Lipinski definition) is 5. The lowest BCUT2D eigenvalue weighted by atomic mass is 10.0. The molecule has 0 bridgehead atoms. The molecule has 0 radical (unpaired) electrons. The minimum Gasteiger partial charge on any atom is -0.483 e. The molecule has 0 atom stereocenters. The van der Waals surface area contributed by atoms with Gasteiger partial charge in [0.2, 0.25) is 0 Å². The van der Waals surface area contributed by atoms with Gasteiger partial charge in [-0.3, -0.25) is 19.7 Å². The van der Waals surface area contributed by atoms with E-state index >= 15 is 0 Å². The fourth-order valence-corrected chi connectivity index (χ4v) is 2.74. The summed E-state index contributed by atoms with van der Waals surface area (Å²) in [4.78, 5) is 33.8. The number of benzene rings is 3. The molecule has 27 heavy (non-hydrogen) atoms. The number of nitrogens with one attached hydrogen (secondary N) is 1. The lowest BCUT2D eigenvalue weighted by molar-refractivity contribution is -0.384. The topological polar surface area (TPSA) is 98.5 Å². The van der Waals surface area contributed by atoms with E-state index in [-0.39, 0.29) is 22.1 Å². The van der Waals surface area contributed by atoms with Crippen LogP contribution >= 0.6 is 11.6 Å². The highest BCUT2D eigenvalue weighted by Crippen LogP contribution is 2.28. The van der Waals surface area contributed by atoms with Crippen LogP contribution in [0.15, 0.2) is 54.6 Å². The number of nitro benzene ring substituents is 1. The molecule has 0 heterocycles. The van der Waals surface area contributed by atoms with Gasteiger partial charge in [-0.2, -0.15) is 0 Å². The number of aldehydes is 1. The molecule has 1 amide bonds. The van der Waals surface area contributed by atoms with Crippen molar-refractivity contribution in [2.24, 2.45) is 0 Å². The standard InChI is InChI=1S/C19H13ClN2O5/c20-16-7-6-13(22(25)26)9-17(16)21-19(24)11-27-18-8-5-12-3-1-2-4-14(12)15(18)10-23/h1-10H,11H2,(H,21,24). The van der Waals surface area contributed by atoms with Crippen molar-refractivity contribution in [3.8, 4) is 5.75 Å². The molecule has 0 aliphatic carbocycles. The van der Waals surface area contributed by atoms with Crippen molar-refractivity contribution in [2.75, 3.05) is 11.9 Å². The van der Waals surface area contributed by atoms with E-state index in [9.17, 15) is 19.7 Å². The van der Waals surface area contributed by atoms with E-state index in [0.29, 0.717) is 17.2 Å². The second-order valence-corrected chi connectivity index (χ2v) is 5.98. The third kappa shape index (κ3) is 4.04. The number of ether oxygens (including phenoxy) is 1. The zero-order valence-electron chi connectivity index (χ0n) is 13.8. The van der Waals surface area contributed by atoms with Gasteiger partial charge in [-0.1, -0.05) is 41.9 Å². The van der Waals surface area contributed by atoms with Crippen molar-refractivity contribution >= 4 is 45.9 Å². The average Bonchev–Trinajstić information content (AvgIpc) is 2.67. The molecule has 0 spiro atoms. The van der Waals surface area contributed by atoms with Crippen LogP contribution in [0.3, 0.4) is 0 Å². The van der Waals surface area contributed by atoms with Crippen LogP contribution in [-0.4, -0.2) is 23.7 Å². The maximum Gasteiger partial charge on any atom is 0.271 e. The number of nitro groups is 1. The summed E-state index contributed by atoms with van der Waals surface area (Å²) in [6.45, 7) is -0.391. The second kappa shape index (κ2) is 7.84. The summed E-state index contributed by atoms with van der Waals surface area (Å²) in [7, 11) is 0. The van der Waals surface area contributed by atoms with Crippen molar-refractivity contribution in [1.29, 1.82) is 0 Å². The highest BCUT2D eigenvalue weighted by Gasteiger charge is 2.14. The minimum atomic E-state index is -0.589. The van der Waals surface area contributed by atoms with Crippen molar-refractivity contribution < 1.29 is 19.2 Å². The van der Waals surface area contributed by atoms with Gasteiger partial charge in [0.05, 0.1) is 21.2 Å². The molecule has 0 aromatic heterocycles. The summed E-state index contributed by atoms with van der Waals surface area (Å²) in [5.41, 5.74) is 0.247. The number of anilines is 1. The van der Waals surface area contributed by atoms with E-state index in [0.717, 1.165) is 11.5 Å². The third-order valence-electron chi connectivity index (χ3n) is 3.84. The zero-order chi connectivity index (χ0) is 19.4. The van der Waals surface area contributed by atoms with Crippen LogP contribution in [0.4, 0.5) is 11.4 Å². The molecule has 3 aromatic carbocycles. The van der Waals surface area contributed by atoms with Crippen LogP contribution in [0.25, 0.3) is 10.8 Å². The van der Waals surface area contributed by atoms with E-state index in [4.69, 9.17) is 16.3 Å². The smallest absolute Gasteiger partial charge is 0.271 e. The number of carbonyl (C=O) groups is 2. The average molecular weight is 385 g/mol. The molecular formula is C19H13ClN2O5. The first-order valence-electron chi connectivity index (χ1n) is 7.83. The molecule has 1 N–H and O–H groups in total. The van der Waals surface area contributed by atoms with Gasteiger partial charge in [-0.05, 0) is 22.9 Å². The van der Waals surface area contributed by atoms with Crippen LogP contribution in [0.5, 0.6) is 5.75 Å². The Morgan fingerprint density at radius 3 is 2.70 bits per heavy atom. The molecule has 0 aliphatic rings. The Morgan fingerprint density at radius 1 is 1.19 bits per heavy atom. The first kappa shape index (κ1) is 18.3. The highest BCUT2D eigenvalue weighted by atomic mass is 35.5. The van der Waals surface area contributed by atoms with Crippen LogP contribution in [0, 0.1) is 10.1 Å². The normalized spacial score (nSPS) is 10.4. The molecule has 0 saturated carbocycles. The van der Waals surface area contributed by atoms with Gasteiger partial charge in [-0.15, -0.1) is 0 Å². The maximum absolute atomic E-state index is 12.1. The number of carbonyl (C=O) groups excluding carboxylic acids is 2. The van der Waals surface area contributed by atoms with Crippen LogP contribution in [-0.2, 0) is 4.79 Å². The summed E-state index contributed by atoms with van der Waals surface area (Å²) in [5, 5.41) is 15.0. The van der Waals surface area contributed by atoms with Gasteiger partial charge in [0, 0.05) is 12.1 Å². The Labute approximate surface area is 158 Å². The number of non-ortho nitro benzene ring substituents is 1. The molecule has 0 aliphatic heterocycles. The van der Waals surface area contributed by atoms with Crippen LogP contribution < -0.4 is 10.1 Å². The van der Waals surface area contributed by atoms with Gasteiger partial charge in [-0.25, -0.2) is 0 Å². The first-order chi connectivity index (χ1) is 13.0. The summed E-state index contributed by atoms with van der Waals surface area (Å²) in [6.07, 6.45) is 0.674. The summed E-state index contributed by atoms with van der Waals surface area (Å²) < 4.78 is 5.47. The van der Waals surface area contributed by atoms with Crippen molar-refractivity contribution in [1.82, 2.24) is 0 Å². The van der Waals surface area contributed by atoms with Gasteiger partial charge >= 0.3 is 0 Å². The van der Waals surface area contributed by atoms with Gasteiger partial charge < -0.3 is 10.1 Å². The summed E-state index contributed by atoms with van der Waals surface area (Å²) >= 11 is 5.95. The lowest BCUT2D eigenvalue weighted by Gasteiger charge is -2.11. The number of halogens is 1. The molecule has 3 aromatic rings. The highest BCUT2D eigenvalue weighted by molar-refractivity contribution is 6.33. The summed E-state index contributed by atoms with van der Waals surface area (Å²) in [5.74, 6) is -0.300. The molecule has 3 rings (SSSR count). The van der Waals surface area contributed by atoms with Crippen molar-refractivity contribution in [3.63, 3.8) is 0 Å². The predicted octanol–water partition coefficient (Wildman–Crippen LogP) is 4.23. The Morgan fingerprint density at radius 2 is 1.96 bits per heavy atom. The summed E-state index contributed by atoms with van der Waals surface area (Å²) in [6, 6.07) is 14.4. The van der Waals surface area contributed by atoms with Gasteiger partial charge in [0.25, 0.3) is 11.6 Å². The second-order valence-electron chi connectivity index (χ2n) is 5.57. The Bertz CT molecular complexity index is 1050. The molecule has 0 saturated heterocycles. The van der Waals surface area contributed by atoms with Crippen molar-refractivity contribution in [2.45, 2.75) is 0 Å². The number of fused-ring (bicyclic) bond motifs is 1. The maximum atomic E-state index is 12.1. The molecule has 0 fully saturated rings. The Hall–Kier alpha value is -3.45. The zero-order valence-corrected chi connectivity index (χ0v) is 14.6. The minimum absolute atomic E-state index is 0.105. The first-order valence-corrected chi connectivity index (χ1v) is 8.21. The van der Waals surface area contributed by atoms with E-state index in [1.807, 2.05) is 12.1 Å². The fourth-order valence-electron chi connectivity index (χ4n) is 2.58. The Balaban J connectivity index is 1.75. The SMILES string of the molecule is O=Cc1c(OCC(=O)Nc2cc([N+](=O)[O-])ccc2Cl)ccc2ccccc12. The number of rotatable bonds is 6. The van der Waals surface area contributed by atoms with E-state index < -0.39 is 17.4 Å². The largest absolute Gasteiger partial charge is 0.483 e. The predicted molar refractivity (Wildman–Crippen MR) is 102 cm³/mol. The molecule has 136 valence electrons. The fraction of sp³-hybridized carbons (Fsp3) is 0.0526. The van der Waals surface area contributed by atoms with Crippen LogP contribution in [0.2, 0.25) is 5.02 Å². The molecular weight excluding hydrogens is 372 g/mol. The van der Waals surface area contributed by atoms with Gasteiger partial charge in [0.15, 0.2) is 12.9 Å². The monoisotopic (exact) mass is 384 g/mol. The quantitative estimate of drug-likeness (QED) is 0.389. The molecule has 0 unspecified atom stereocenters. The van der Waals surface area contributed by atoms with Gasteiger partial charge in [0.1, 0.15) is 5.75 Å². The molecule has 7 nitrogen and oxygen atoms in total. The van der Waals surface area contributed by atoms with Crippen LogP contribution in [0.1, 0.15) is 10.4 Å². The third-order valence-corrected chi connectivity index (χ3v) is 4.17. The lowest BCUT2D eigenvalue weighted by Crippen LogP contribution is -2.20. The molecule has 8 heteroatoms. The number of hydrogen-bond donors (Lipinski definition) is 1. The number of amides is 1. The van der Waals surface area contributed by atoms with Crippen molar-refractivity contribution in [3.05, 3.63) is 75.3 Å². The van der Waals surface area contributed by atoms with E-state index in [2.05, 4.69) is 5.32 Å². The Kier molecular flexibility index (Phi) is 5.33.